The van der Waals surface area contributed by atoms with E-state index in [-0.39, 0.29) is 17.3 Å². The van der Waals surface area contributed by atoms with E-state index in [1.54, 1.807) is 13.1 Å². The van der Waals surface area contributed by atoms with Crippen molar-refractivity contribution >= 4 is 17.5 Å². The van der Waals surface area contributed by atoms with Gasteiger partial charge >= 0.3 is 0 Å². The average Bonchev–Trinajstić information content (AvgIpc) is 3.36. The Morgan fingerprint density at radius 1 is 1.34 bits per heavy atom. The topological polar surface area (TPSA) is 146 Å². The summed E-state index contributed by atoms with van der Waals surface area (Å²) < 4.78 is 2.83. The van der Waals surface area contributed by atoms with E-state index in [2.05, 4.69) is 31.0 Å². The number of rotatable bonds is 5. The molecule has 0 aliphatic carbocycles. The molecule has 0 saturated carbocycles. The summed E-state index contributed by atoms with van der Waals surface area (Å²) >= 11 is 0. The van der Waals surface area contributed by atoms with E-state index in [1.165, 1.54) is 33.8 Å². The Bertz CT molecular complexity index is 1050. The number of aryl methyl sites for hydroxylation is 1. The summed E-state index contributed by atoms with van der Waals surface area (Å²) in [6.07, 6.45) is 3.31. The first-order valence-corrected chi connectivity index (χ1v) is 9.11. The maximum absolute atomic E-state index is 12.5. The molecule has 1 fully saturated rings. The van der Waals surface area contributed by atoms with Gasteiger partial charge in [0.25, 0.3) is 11.6 Å². The van der Waals surface area contributed by atoms with E-state index in [4.69, 9.17) is 0 Å². The van der Waals surface area contributed by atoms with Gasteiger partial charge in [0.15, 0.2) is 11.5 Å². The molecule has 0 unspecified atom stereocenters. The molecule has 1 aromatic carbocycles. The number of carbonyl (C=O) groups excluding carboxylic acids is 1. The molecule has 12 nitrogen and oxygen atoms in total. The Labute approximate surface area is 165 Å². The van der Waals surface area contributed by atoms with E-state index in [9.17, 15) is 14.9 Å². The molecule has 1 aliphatic rings. The van der Waals surface area contributed by atoms with Crippen molar-refractivity contribution in [1.29, 1.82) is 0 Å². The Balaban J connectivity index is 1.49. The number of anilines is 1. The Hall–Kier alpha value is -3.67. The highest BCUT2D eigenvalue weighted by Crippen LogP contribution is 2.23. The Kier molecular flexibility index (Phi) is 4.99. The second-order valence-electron chi connectivity index (χ2n) is 6.72. The van der Waals surface area contributed by atoms with Gasteiger partial charge < -0.3 is 5.32 Å². The summed E-state index contributed by atoms with van der Waals surface area (Å²) in [6, 6.07) is 5.90. The number of aromatic nitrogens is 6. The molecular formula is C17H19N9O3. The van der Waals surface area contributed by atoms with E-state index >= 15 is 0 Å². The molecule has 4 rings (SSSR count). The molecule has 1 aliphatic heterocycles. The molecule has 0 bridgehead atoms. The lowest BCUT2D eigenvalue weighted by Crippen LogP contribution is -2.27. The minimum absolute atomic E-state index is 0.0583. The number of hydrogen-bond acceptors (Lipinski definition) is 8. The van der Waals surface area contributed by atoms with E-state index < -0.39 is 10.8 Å². The highest BCUT2D eigenvalue weighted by Gasteiger charge is 2.22. The molecule has 0 spiro atoms. The SMILES string of the molecule is Cn1nc(C2CCNCC2)nc1NC(=O)c1cn(-c2cccc([N+](=O)[O-])c2)nn1. The number of nitrogens with zero attached hydrogens (tertiary/aromatic N) is 7. The Morgan fingerprint density at radius 3 is 2.90 bits per heavy atom. The fourth-order valence-corrected chi connectivity index (χ4v) is 3.17. The standard InChI is InChI=1S/C17H19N9O3/c1-24-17(19-15(22-24)11-5-7-18-8-6-11)20-16(27)14-10-25(23-21-14)12-3-2-4-13(9-12)26(28)29/h2-4,9-11,18H,5-8H2,1H3,(H,19,20,22,27). The predicted molar refractivity (Wildman–Crippen MR) is 102 cm³/mol. The normalized spacial score (nSPS) is 14.7. The third-order valence-electron chi connectivity index (χ3n) is 4.74. The third-order valence-corrected chi connectivity index (χ3v) is 4.74. The fourth-order valence-electron chi connectivity index (χ4n) is 3.17. The summed E-state index contributed by atoms with van der Waals surface area (Å²) in [5.41, 5.74) is 0.411. The Morgan fingerprint density at radius 2 is 2.14 bits per heavy atom. The second-order valence-corrected chi connectivity index (χ2v) is 6.72. The number of nitro benzene ring substituents is 1. The number of hydrogen-bond donors (Lipinski definition) is 2. The van der Waals surface area contributed by atoms with Gasteiger partial charge in [0.2, 0.25) is 5.95 Å². The molecule has 29 heavy (non-hydrogen) atoms. The number of piperidine rings is 1. The summed E-state index contributed by atoms with van der Waals surface area (Å²) in [4.78, 5) is 27.4. The summed E-state index contributed by atoms with van der Waals surface area (Å²) in [7, 11) is 1.72. The van der Waals surface area contributed by atoms with Gasteiger partial charge in [-0.1, -0.05) is 11.3 Å². The molecule has 150 valence electrons. The number of benzene rings is 1. The molecule has 0 radical (unpaired) electrons. The van der Waals surface area contributed by atoms with Crippen LogP contribution < -0.4 is 10.6 Å². The van der Waals surface area contributed by atoms with Gasteiger partial charge in [0, 0.05) is 25.1 Å². The van der Waals surface area contributed by atoms with Crippen molar-refractivity contribution < 1.29 is 9.72 Å². The molecule has 1 saturated heterocycles. The molecule has 12 heteroatoms. The predicted octanol–water partition coefficient (Wildman–Crippen LogP) is 1.02. The van der Waals surface area contributed by atoms with Crippen molar-refractivity contribution in [2.75, 3.05) is 18.4 Å². The summed E-state index contributed by atoms with van der Waals surface area (Å²) in [5, 5.41) is 29.1. The van der Waals surface area contributed by atoms with E-state index in [1.807, 2.05) is 0 Å². The zero-order chi connectivity index (χ0) is 20.4. The van der Waals surface area contributed by atoms with Crippen LogP contribution in [-0.2, 0) is 7.05 Å². The van der Waals surface area contributed by atoms with Crippen molar-refractivity contribution in [3.8, 4) is 5.69 Å². The van der Waals surface area contributed by atoms with Crippen LogP contribution in [0.25, 0.3) is 5.69 Å². The zero-order valence-electron chi connectivity index (χ0n) is 15.6. The van der Waals surface area contributed by atoms with Crippen LogP contribution in [0.2, 0.25) is 0 Å². The molecule has 0 atom stereocenters. The van der Waals surface area contributed by atoms with Crippen molar-refractivity contribution in [2.45, 2.75) is 18.8 Å². The van der Waals surface area contributed by atoms with Crippen LogP contribution in [0.4, 0.5) is 11.6 Å². The molecular weight excluding hydrogens is 378 g/mol. The lowest BCUT2D eigenvalue weighted by atomic mass is 9.98. The van der Waals surface area contributed by atoms with Crippen LogP contribution in [0, 0.1) is 10.1 Å². The van der Waals surface area contributed by atoms with Gasteiger partial charge in [-0.25, -0.2) is 9.36 Å². The third kappa shape index (κ3) is 3.96. The number of amides is 1. The van der Waals surface area contributed by atoms with Gasteiger partial charge in [-0.05, 0) is 32.0 Å². The highest BCUT2D eigenvalue weighted by molar-refractivity contribution is 6.01. The molecule has 3 aromatic rings. The highest BCUT2D eigenvalue weighted by atomic mass is 16.6. The van der Waals surface area contributed by atoms with Crippen LogP contribution in [0.15, 0.2) is 30.5 Å². The van der Waals surface area contributed by atoms with Crippen LogP contribution in [0.1, 0.15) is 35.1 Å². The lowest BCUT2D eigenvalue weighted by molar-refractivity contribution is -0.384. The van der Waals surface area contributed by atoms with E-state index in [0.29, 0.717) is 17.5 Å². The smallest absolute Gasteiger partial charge is 0.280 e. The van der Waals surface area contributed by atoms with Crippen molar-refractivity contribution in [2.24, 2.45) is 7.05 Å². The number of carbonyl (C=O) groups is 1. The van der Waals surface area contributed by atoms with Crippen molar-refractivity contribution in [3.05, 3.63) is 52.1 Å². The van der Waals surface area contributed by atoms with Crippen molar-refractivity contribution in [1.82, 2.24) is 35.1 Å². The van der Waals surface area contributed by atoms with E-state index in [0.717, 1.165) is 25.9 Å². The van der Waals surface area contributed by atoms with Crippen molar-refractivity contribution in [3.63, 3.8) is 0 Å². The quantitative estimate of drug-likeness (QED) is 0.479. The molecule has 2 aromatic heterocycles. The fraction of sp³-hybridized carbons (Fsp3) is 0.353. The lowest BCUT2D eigenvalue weighted by Gasteiger charge is -2.19. The van der Waals surface area contributed by atoms with Crippen LogP contribution in [0.5, 0.6) is 0 Å². The summed E-state index contributed by atoms with van der Waals surface area (Å²) in [6.45, 7) is 1.84. The first-order valence-electron chi connectivity index (χ1n) is 9.11. The van der Waals surface area contributed by atoms with Gasteiger partial charge in [-0.2, -0.15) is 10.1 Å². The monoisotopic (exact) mass is 397 g/mol. The van der Waals surface area contributed by atoms with Crippen LogP contribution in [-0.4, -0.2) is 53.7 Å². The molecule has 3 heterocycles. The van der Waals surface area contributed by atoms with Gasteiger partial charge in [-0.15, -0.1) is 5.10 Å². The molecule has 1 amide bonds. The number of nitro groups is 1. The van der Waals surface area contributed by atoms with Crippen LogP contribution >= 0.6 is 0 Å². The van der Waals surface area contributed by atoms with Crippen LogP contribution in [0.3, 0.4) is 0 Å². The van der Waals surface area contributed by atoms with Gasteiger partial charge in [-0.3, -0.25) is 20.2 Å². The summed E-state index contributed by atoms with van der Waals surface area (Å²) in [5.74, 6) is 0.815. The van der Waals surface area contributed by atoms with Gasteiger partial charge in [0.05, 0.1) is 16.8 Å². The minimum Gasteiger partial charge on any atom is -0.317 e. The first-order chi connectivity index (χ1) is 14.0. The maximum Gasteiger partial charge on any atom is 0.280 e. The first kappa shape index (κ1) is 18.7. The average molecular weight is 397 g/mol. The maximum atomic E-state index is 12.5. The molecule has 2 N–H and O–H groups in total. The largest absolute Gasteiger partial charge is 0.317 e. The second kappa shape index (κ2) is 7.75. The zero-order valence-corrected chi connectivity index (χ0v) is 15.6. The number of non-ortho nitro benzene ring substituents is 1. The van der Waals surface area contributed by atoms with Gasteiger partial charge in [0.1, 0.15) is 0 Å². The number of nitrogens with one attached hydrogen (secondary N) is 2. The minimum atomic E-state index is -0.498.